The van der Waals surface area contributed by atoms with Gasteiger partial charge in [0.1, 0.15) is 5.84 Å². The molecule has 0 radical (unpaired) electrons. The molecular formula is C14H29N3O2. The number of oxime groups is 1. The van der Waals surface area contributed by atoms with Crippen molar-refractivity contribution in [1.82, 2.24) is 5.32 Å². The van der Waals surface area contributed by atoms with Crippen molar-refractivity contribution in [3.63, 3.8) is 0 Å². The Balaban J connectivity index is 2.33. The highest BCUT2D eigenvalue weighted by Crippen LogP contribution is 2.35. The molecule has 0 saturated heterocycles. The van der Waals surface area contributed by atoms with Gasteiger partial charge in [-0.15, -0.1) is 0 Å². The van der Waals surface area contributed by atoms with E-state index in [9.17, 15) is 5.11 Å². The van der Waals surface area contributed by atoms with E-state index in [4.69, 9.17) is 10.9 Å². The molecule has 1 aliphatic carbocycles. The van der Waals surface area contributed by atoms with Gasteiger partial charge in [0.15, 0.2) is 0 Å². The molecule has 1 saturated carbocycles. The number of nitrogens with zero attached hydrogens (tertiary/aromatic N) is 1. The number of nitrogens with two attached hydrogens (primary N) is 1. The van der Waals surface area contributed by atoms with Crippen molar-refractivity contribution < 1.29 is 10.3 Å². The molecule has 112 valence electrons. The molecule has 0 bridgehead atoms. The van der Waals surface area contributed by atoms with Crippen LogP contribution in [0, 0.1) is 10.8 Å². The molecule has 1 rings (SSSR count). The summed E-state index contributed by atoms with van der Waals surface area (Å²) in [5.74, 6) is 0.267. The van der Waals surface area contributed by atoms with Crippen molar-refractivity contribution in [3.05, 3.63) is 0 Å². The number of hydrogen-bond acceptors (Lipinski definition) is 4. The first kappa shape index (κ1) is 16.2. The molecular weight excluding hydrogens is 242 g/mol. The minimum absolute atomic E-state index is 0.0685. The number of amidine groups is 1. The van der Waals surface area contributed by atoms with Crippen LogP contribution in [0.25, 0.3) is 0 Å². The van der Waals surface area contributed by atoms with Gasteiger partial charge in [-0.3, -0.25) is 0 Å². The molecule has 1 aliphatic rings. The third-order valence-electron chi connectivity index (χ3n) is 4.48. The molecule has 0 aromatic carbocycles. The fraction of sp³-hybridized carbons (Fsp3) is 0.929. The van der Waals surface area contributed by atoms with E-state index in [1.807, 2.05) is 13.8 Å². The second-order valence-electron chi connectivity index (χ2n) is 6.51. The van der Waals surface area contributed by atoms with Crippen molar-refractivity contribution >= 4 is 5.84 Å². The molecule has 0 heterocycles. The summed E-state index contributed by atoms with van der Waals surface area (Å²) < 4.78 is 0. The van der Waals surface area contributed by atoms with Gasteiger partial charge in [-0.25, -0.2) is 0 Å². The van der Waals surface area contributed by atoms with Gasteiger partial charge in [-0.2, -0.15) is 0 Å². The Bertz CT molecular complexity index is 297. The molecule has 1 fully saturated rings. The van der Waals surface area contributed by atoms with Crippen LogP contribution in [0.2, 0.25) is 0 Å². The van der Waals surface area contributed by atoms with E-state index < -0.39 is 0 Å². The van der Waals surface area contributed by atoms with Gasteiger partial charge in [-0.1, -0.05) is 38.3 Å². The van der Waals surface area contributed by atoms with E-state index in [0.717, 1.165) is 32.4 Å². The summed E-state index contributed by atoms with van der Waals surface area (Å²) in [6.07, 6.45) is 6.76. The number of aliphatic hydroxyl groups excluding tert-OH is 1. The van der Waals surface area contributed by atoms with E-state index in [0.29, 0.717) is 0 Å². The second kappa shape index (κ2) is 7.10. The first-order chi connectivity index (χ1) is 8.96. The Hall–Kier alpha value is -0.810. The smallest absolute Gasteiger partial charge is 0.144 e. The normalized spacial score (nSPS) is 20.5. The summed E-state index contributed by atoms with van der Waals surface area (Å²) in [7, 11) is 0. The molecule has 0 aliphatic heterocycles. The lowest BCUT2D eigenvalue weighted by Crippen LogP contribution is -2.41. The lowest BCUT2D eigenvalue weighted by atomic mass is 9.74. The van der Waals surface area contributed by atoms with Gasteiger partial charge in [0.25, 0.3) is 0 Å². The molecule has 0 amide bonds. The maximum absolute atomic E-state index is 9.61. The van der Waals surface area contributed by atoms with Gasteiger partial charge in [0.05, 0.1) is 0 Å². The van der Waals surface area contributed by atoms with Crippen molar-refractivity contribution in [2.75, 3.05) is 19.7 Å². The zero-order valence-corrected chi connectivity index (χ0v) is 12.3. The molecule has 5 N–H and O–H groups in total. The standard InChI is InChI=1S/C14H29N3O2/c1-13(2,12(15)17-19)8-9-16-10-14(11-18)6-4-3-5-7-14/h16,18-19H,3-11H2,1-2H3,(H2,15,17). The fourth-order valence-electron chi connectivity index (χ4n) is 2.71. The van der Waals surface area contributed by atoms with E-state index in [2.05, 4.69) is 10.5 Å². The first-order valence-corrected chi connectivity index (χ1v) is 7.25. The van der Waals surface area contributed by atoms with Gasteiger partial charge in [-0.05, 0) is 25.8 Å². The van der Waals surface area contributed by atoms with E-state index >= 15 is 0 Å². The van der Waals surface area contributed by atoms with Crippen molar-refractivity contribution in [2.45, 2.75) is 52.4 Å². The minimum atomic E-state index is -0.305. The Kier molecular flexibility index (Phi) is 6.07. The molecule has 0 aromatic heterocycles. The largest absolute Gasteiger partial charge is 0.409 e. The Labute approximate surface area is 116 Å². The summed E-state index contributed by atoms with van der Waals surface area (Å²) in [5.41, 5.74) is 5.42. The average Bonchev–Trinajstić information content (AvgIpc) is 2.43. The molecule has 5 heteroatoms. The summed E-state index contributed by atoms with van der Waals surface area (Å²) in [6.45, 7) is 5.86. The Morgan fingerprint density at radius 1 is 1.32 bits per heavy atom. The summed E-state index contributed by atoms with van der Waals surface area (Å²) in [4.78, 5) is 0. The predicted octanol–water partition coefficient (Wildman–Crippen LogP) is 1.68. The van der Waals surface area contributed by atoms with Crippen LogP contribution in [0.5, 0.6) is 0 Å². The van der Waals surface area contributed by atoms with Gasteiger partial charge >= 0.3 is 0 Å². The van der Waals surface area contributed by atoms with Crippen molar-refractivity contribution in [3.8, 4) is 0 Å². The average molecular weight is 271 g/mol. The molecule has 0 spiro atoms. The quantitative estimate of drug-likeness (QED) is 0.186. The number of hydrogen-bond donors (Lipinski definition) is 4. The lowest BCUT2D eigenvalue weighted by molar-refractivity contribution is 0.0810. The highest BCUT2D eigenvalue weighted by atomic mass is 16.4. The fourth-order valence-corrected chi connectivity index (χ4v) is 2.71. The van der Waals surface area contributed by atoms with Crippen LogP contribution in [-0.2, 0) is 0 Å². The zero-order valence-electron chi connectivity index (χ0n) is 12.3. The molecule has 0 atom stereocenters. The van der Waals surface area contributed by atoms with Crippen LogP contribution in [-0.4, -0.2) is 35.8 Å². The predicted molar refractivity (Wildman–Crippen MR) is 77.3 cm³/mol. The van der Waals surface area contributed by atoms with Crippen LogP contribution < -0.4 is 11.1 Å². The molecule has 19 heavy (non-hydrogen) atoms. The van der Waals surface area contributed by atoms with Gasteiger partial charge in [0.2, 0.25) is 0 Å². The van der Waals surface area contributed by atoms with E-state index in [-0.39, 0.29) is 23.3 Å². The summed E-state index contributed by atoms with van der Waals surface area (Å²) in [6, 6.07) is 0. The lowest BCUT2D eigenvalue weighted by Gasteiger charge is -2.36. The van der Waals surface area contributed by atoms with Crippen LogP contribution in [0.1, 0.15) is 52.4 Å². The van der Waals surface area contributed by atoms with Crippen LogP contribution >= 0.6 is 0 Å². The second-order valence-corrected chi connectivity index (χ2v) is 6.51. The maximum Gasteiger partial charge on any atom is 0.144 e. The first-order valence-electron chi connectivity index (χ1n) is 7.25. The molecule has 0 aromatic rings. The number of nitrogens with one attached hydrogen (secondary N) is 1. The maximum atomic E-state index is 9.61. The highest BCUT2D eigenvalue weighted by molar-refractivity contribution is 5.85. The van der Waals surface area contributed by atoms with E-state index in [1.54, 1.807) is 0 Å². The van der Waals surface area contributed by atoms with Crippen LogP contribution in [0.15, 0.2) is 5.16 Å². The number of aliphatic hydroxyl groups is 1. The van der Waals surface area contributed by atoms with Gasteiger partial charge < -0.3 is 21.4 Å². The Morgan fingerprint density at radius 2 is 1.95 bits per heavy atom. The third kappa shape index (κ3) is 4.66. The third-order valence-corrected chi connectivity index (χ3v) is 4.48. The SMILES string of the molecule is CC(C)(CCNCC1(CO)CCCCC1)C(N)=NO. The van der Waals surface area contributed by atoms with Crippen molar-refractivity contribution in [1.29, 1.82) is 0 Å². The van der Waals surface area contributed by atoms with Gasteiger partial charge in [0, 0.05) is 24.0 Å². The Morgan fingerprint density at radius 3 is 2.47 bits per heavy atom. The minimum Gasteiger partial charge on any atom is -0.409 e. The number of rotatable bonds is 7. The summed E-state index contributed by atoms with van der Waals surface area (Å²) in [5, 5.41) is 24.8. The van der Waals surface area contributed by atoms with Crippen LogP contribution in [0.4, 0.5) is 0 Å². The highest BCUT2D eigenvalue weighted by Gasteiger charge is 2.31. The molecule has 5 nitrogen and oxygen atoms in total. The van der Waals surface area contributed by atoms with Crippen LogP contribution in [0.3, 0.4) is 0 Å². The zero-order chi connectivity index (χ0) is 14.4. The molecule has 0 unspecified atom stereocenters. The van der Waals surface area contributed by atoms with E-state index in [1.165, 1.54) is 19.3 Å². The monoisotopic (exact) mass is 271 g/mol. The topological polar surface area (TPSA) is 90.9 Å². The van der Waals surface area contributed by atoms with Crippen molar-refractivity contribution in [2.24, 2.45) is 21.7 Å². The summed E-state index contributed by atoms with van der Waals surface area (Å²) >= 11 is 0.